The van der Waals surface area contributed by atoms with Gasteiger partial charge in [0.2, 0.25) is 10.0 Å². The van der Waals surface area contributed by atoms with E-state index < -0.39 is 15.8 Å². The lowest BCUT2D eigenvalue weighted by molar-refractivity contribution is 0.0425. The van der Waals surface area contributed by atoms with E-state index in [0.717, 1.165) is 32.7 Å². The molecule has 0 spiro atoms. The second kappa shape index (κ2) is 6.24. The molecule has 8 nitrogen and oxygen atoms in total. The second-order valence-corrected chi connectivity index (χ2v) is 8.56. The Hall–Kier alpha value is -1.68. The van der Waals surface area contributed by atoms with Crippen molar-refractivity contribution in [2.45, 2.75) is 17.9 Å². The van der Waals surface area contributed by atoms with Crippen LogP contribution in [0.5, 0.6) is 0 Å². The minimum atomic E-state index is -3.54. The van der Waals surface area contributed by atoms with Crippen molar-refractivity contribution in [1.29, 1.82) is 0 Å². The van der Waals surface area contributed by atoms with Crippen LogP contribution in [0.1, 0.15) is 6.92 Å². The first-order valence-corrected chi connectivity index (χ1v) is 10.0. The van der Waals surface area contributed by atoms with Gasteiger partial charge >= 0.3 is 5.76 Å². The Morgan fingerprint density at radius 1 is 1.20 bits per heavy atom. The van der Waals surface area contributed by atoms with Crippen molar-refractivity contribution in [2.75, 3.05) is 45.8 Å². The summed E-state index contributed by atoms with van der Waals surface area (Å²) in [5.74, 6) is -0.584. The lowest BCUT2D eigenvalue weighted by Gasteiger charge is -2.47. The number of benzene rings is 1. The standard InChI is InChI=1S/C16H22N4O4S/c1-2-18-5-7-19(8-6-18)12-10-20(11-12)25(22,23)13-3-4-15-14(9-13)17-16(21)24-15/h3-4,9,12H,2,5-8,10-11H2,1H3,(H,17,21). The molecule has 9 heteroatoms. The van der Waals surface area contributed by atoms with Gasteiger partial charge in [-0.1, -0.05) is 6.92 Å². The Morgan fingerprint density at radius 2 is 1.92 bits per heavy atom. The third-order valence-electron chi connectivity index (χ3n) is 5.23. The summed E-state index contributed by atoms with van der Waals surface area (Å²) >= 11 is 0. The van der Waals surface area contributed by atoms with Crippen molar-refractivity contribution < 1.29 is 12.8 Å². The fraction of sp³-hybridized carbons (Fsp3) is 0.562. The highest BCUT2D eigenvalue weighted by Gasteiger charge is 2.40. The molecule has 1 N–H and O–H groups in total. The molecule has 0 bridgehead atoms. The molecule has 0 radical (unpaired) electrons. The third kappa shape index (κ3) is 3.01. The van der Waals surface area contributed by atoms with Crippen molar-refractivity contribution >= 4 is 21.1 Å². The minimum absolute atomic E-state index is 0.186. The Kier molecular flexibility index (Phi) is 4.19. The number of hydrogen-bond acceptors (Lipinski definition) is 6. The zero-order valence-electron chi connectivity index (χ0n) is 14.1. The van der Waals surface area contributed by atoms with E-state index >= 15 is 0 Å². The van der Waals surface area contributed by atoms with Crippen molar-refractivity contribution in [3.63, 3.8) is 0 Å². The second-order valence-electron chi connectivity index (χ2n) is 6.62. The lowest BCUT2D eigenvalue weighted by atomic mass is 10.1. The summed E-state index contributed by atoms with van der Waals surface area (Å²) in [6, 6.07) is 4.76. The van der Waals surface area contributed by atoms with Crippen LogP contribution in [-0.4, -0.2) is 79.4 Å². The number of nitrogens with zero attached hydrogens (tertiary/aromatic N) is 3. The molecule has 1 aromatic carbocycles. The summed E-state index contributed by atoms with van der Waals surface area (Å²) in [7, 11) is -3.54. The van der Waals surface area contributed by atoms with E-state index in [1.165, 1.54) is 22.5 Å². The first-order chi connectivity index (χ1) is 12.0. The summed E-state index contributed by atoms with van der Waals surface area (Å²) in [5.41, 5.74) is 0.762. The first kappa shape index (κ1) is 16.8. The number of hydrogen-bond donors (Lipinski definition) is 1. The van der Waals surface area contributed by atoms with E-state index in [1.807, 2.05) is 0 Å². The maximum Gasteiger partial charge on any atom is 0.417 e. The lowest BCUT2D eigenvalue weighted by Crippen LogP contribution is -2.64. The van der Waals surface area contributed by atoms with E-state index in [-0.39, 0.29) is 4.90 Å². The fourth-order valence-corrected chi connectivity index (χ4v) is 5.07. The normalized spacial score (nSPS) is 21.6. The topological polar surface area (TPSA) is 89.9 Å². The average Bonchev–Trinajstić information content (AvgIpc) is 2.93. The molecule has 2 aliphatic heterocycles. The van der Waals surface area contributed by atoms with Crippen LogP contribution in [0.25, 0.3) is 11.1 Å². The number of H-pyrrole nitrogens is 1. The van der Waals surface area contributed by atoms with E-state index in [0.29, 0.717) is 30.2 Å². The van der Waals surface area contributed by atoms with Crippen molar-refractivity contribution in [3.05, 3.63) is 28.7 Å². The Labute approximate surface area is 146 Å². The number of sulfonamides is 1. The number of aromatic nitrogens is 1. The molecule has 2 aromatic rings. The average molecular weight is 366 g/mol. The van der Waals surface area contributed by atoms with Crippen molar-refractivity contribution in [3.8, 4) is 0 Å². The summed E-state index contributed by atoms with van der Waals surface area (Å²) in [6.45, 7) is 8.36. The molecule has 3 heterocycles. The molecule has 0 unspecified atom stereocenters. The highest BCUT2D eigenvalue weighted by Crippen LogP contribution is 2.26. The van der Waals surface area contributed by atoms with Crippen LogP contribution < -0.4 is 5.76 Å². The molecule has 4 rings (SSSR count). The quantitative estimate of drug-likeness (QED) is 0.827. The molecule has 2 saturated heterocycles. The summed E-state index contributed by atoms with van der Waals surface area (Å²) < 4.78 is 32.0. The zero-order chi connectivity index (χ0) is 17.6. The number of oxazole rings is 1. The van der Waals surface area contributed by atoms with Gasteiger partial charge in [-0.05, 0) is 24.7 Å². The van der Waals surface area contributed by atoms with E-state index in [4.69, 9.17) is 4.42 Å². The molecular weight excluding hydrogens is 344 g/mol. The maximum absolute atomic E-state index is 12.8. The van der Waals surface area contributed by atoms with Crippen LogP contribution in [-0.2, 0) is 10.0 Å². The van der Waals surface area contributed by atoms with Gasteiger partial charge in [0.05, 0.1) is 10.4 Å². The van der Waals surface area contributed by atoms with Gasteiger partial charge in [0, 0.05) is 45.3 Å². The third-order valence-corrected chi connectivity index (χ3v) is 7.06. The SMILES string of the molecule is CCN1CCN(C2CN(S(=O)(=O)c3ccc4oc(=O)[nH]c4c3)C2)CC1. The van der Waals surface area contributed by atoms with Crippen LogP contribution in [0.4, 0.5) is 0 Å². The Morgan fingerprint density at radius 3 is 2.60 bits per heavy atom. The van der Waals surface area contributed by atoms with Crippen molar-refractivity contribution in [1.82, 2.24) is 19.1 Å². The van der Waals surface area contributed by atoms with E-state index in [1.54, 1.807) is 0 Å². The predicted molar refractivity (Wildman–Crippen MR) is 93.1 cm³/mol. The molecule has 0 amide bonds. The van der Waals surface area contributed by atoms with Gasteiger partial charge in [0.25, 0.3) is 0 Å². The Balaban J connectivity index is 1.44. The molecule has 2 aliphatic rings. The molecule has 0 saturated carbocycles. The van der Waals surface area contributed by atoms with Crippen molar-refractivity contribution in [2.24, 2.45) is 0 Å². The van der Waals surface area contributed by atoms with Gasteiger partial charge in [0.15, 0.2) is 5.58 Å². The number of rotatable bonds is 4. The minimum Gasteiger partial charge on any atom is -0.408 e. The number of aromatic amines is 1. The van der Waals surface area contributed by atoms with Crippen LogP contribution in [0.3, 0.4) is 0 Å². The van der Waals surface area contributed by atoms with Gasteiger partial charge < -0.3 is 9.32 Å². The van der Waals surface area contributed by atoms with Crippen LogP contribution in [0.2, 0.25) is 0 Å². The van der Waals surface area contributed by atoms with Gasteiger partial charge in [-0.25, -0.2) is 13.2 Å². The van der Waals surface area contributed by atoms with Crippen LogP contribution in [0.15, 0.2) is 32.3 Å². The van der Waals surface area contributed by atoms with E-state index in [2.05, 4.69) is 21.7 Å². The number of fused-ring (bicyclic) bond motifs is 1. The molecule has 0 atom stereocenters. The smallest absolute Gasteiger partial charge is 0.408 e. The van der Waals surface area contributed by atoms with E-state index in [9.17, 15) is 13.2 Å². The van der Waals surface area contributed by atoms with Gasteiger partial charge in [-0.15, -0.1) is 0 Å². The molecule has 25 heavy (non-hydrogen) atoms. The fourth-order valence-electron chi connectivity index (χ4n) is 3.53. The van der Waals surface area contributed by atoms with Crippen LogP contribution >= 0.6 is 0 Å². The largest absolute Gasteiger partial charge is 0.417 e. The molecule has 2 fully saturated rings. The maximum atomic E-state index is 12.8. The molecular formula is C16H22N4O4S. The number of piperazine rings is 1. The summed E-state index contributed by atoms with van der Waals surface area (Å²) in [6.07, 6.45) is 0. The molecule has 1 aromatic heterocycles. The Bertz CT molecular complexity index is 921. The predicted octanol–water partition coefficient (Wildman–Crippen LogP) is 0.131. The monoisotopic (exact) mass is 366 g/mol. The molecule has 0 aliphatic carbocycles. The molecule has 136 valence electrons. The van der Waals surface area contributed by atoms with Gasteiger partial charge in [-0.3, -0.25) is 9.88 Å². The highest BCUT2D eigenvalue weighted by atomic mass is 32.2. The van der Waals surface area contributed by atoms with Gasteiger partial charge in [-0.2, -0.15) is 4.31 Å². The van der Waals surface area contributed by atoms with Gasteiger partial charge in [0.1, 0.15) is 0 Å². The number of nitrogens with one attached hydrogen (secondary N) is 1. The van der Waals surface area contributed by atoms with Crippen LogP contribution in [0, 0.1) is 0 Å². The highest BCUT2D eigenvalue weighted by molar-refractivity contribution is 7.89. The number of likely N-dealkylation sites (N-methyl/N-ethyl adjacent to an activating group) is 1. The zero-order valence-corrected chi connectivity index (χ0v) is 15.0. The summed E-state index contributed by atoms with van der Waals surface area (Å²) in [5, 5.41) is 0. The first-order valence-electron chi connectivity index (χ1n) is 8.57. The summed E-state index contributed by atoms with van der Waals surface area (Å²) in [4.78, 5) is 18.7.